The predicted octanol–water partition coefficient (Wildman–Crippen LogP) is -0.332. The Hall–Kier alpha value is -1.78. The SMILES string of the molecule is O=C(CSC1CNC1)NC1Cc2ccc(F)c(C(=O)O)c2OB1O. The van der Waals surface area contributed by atoms with Crippen LogP contribution in [0.5, 0.6) is 5.75 Å². The molecule has 128 valence electrons. The van der Waals surface area contributed by atoms with Crippen LogP contribution in [0, 0.1) is 5.82 Å². The van der Waals surface area contributed by atoms with E-state index in [0.717, 1.165) is 19.2 Å². The molecule has 1 aromatic rings. The summed E-state index contributed by atoms with van der Waals surface area (Å²) in [4.78, 5) is 23.1. The third kappa shape index (κ3) is 3.50. The Labute approximate surface area is 142 Å². The van der Waals surface area contributed by atoms with E-state index in [9.17, 15) is 19.0 Å². The maximum absolute atomic E-state index is 13.7. The van der Waals surface area contributed by atoms with E-state index >= 15 is 0 Å². The first kappa shape index (κ1) is 17.1. The Morgan fingerprint density at radius 2 is 2.21 bits per heavy atom. The van der Waals surface area contributed by atoms with Gasteiger partial charge in [0.05, 0.1) is 11.7 Å². The molecule has 0 spiro atoms. The molecule has 1 saturated heterocycles. The fourth-order valence-electron chi connectivity index (χ4n) is 2.58. The molecule has 0 aliphatic carbocycles. The van der Waals surface area contributed by atoms with E-state index in [4.69, 9.17) is 9.76 Å². The molecule has 0 bridgehead atoms. The van der Waals surface area contributed by atoms with Crippen LogP contribution in [0.3, 0.4) is 0 Å². The van der Waals surface area contributed by atoms with Crippen molar-refractivity contribution in [2.75, 3.05) is 18.8 Å². The van der Waals surface area contributed by atoms with Crippen LogP contribution in [0.1, 0.15) is 15.9 Å². The molecule has 1 aromatic carbocycles. The highest BCUT2D eigenvalue weighted by molar-refractivity contribution is 8.00. The summed E-state index contributed by atoms with van der Waals surface area (Å²) in [5.74, 6) is -3.26. The number of rotatable bonds is 5. The zero-order valence-corrected chi connectivity index (χ0v) is 13.4. The number of carbonyl (C=O) groups excluding carboxylic acids is 1. The van der Waals surface area contributed by atoms with Crippen molar-refractivity contribution in [1.82, 2.24) is 10.6 Å². The number of carbonyl (C=O) groups is 2. The highest BCUT2D eigenvalue weighted by Gasteiger charge is 2.38. The smallest absolute Gasteiger partial charge is 0.534 e. The number of carboxylic acids is 1. The van der Waals surface area contributed by atoms with Crippen molar-refractivity contribution in [2.24, 2.45) is 0 Å². The summed E-state index contributed by atoms with van der Waals surface area (Å²) >= 11 is 1.53. The lowest BCUT2D eigenvalue weighted by Crippen LogP contribution is -2.54. The third-order valence-electron chi connectivity index (χ3n) is 3.97. The summed E-state index contributed by atoms with van der Waals surface area (Å²) in [7, 11) is -1.43. The highest BCUT2D eigenvalue weighted by Crippen LogP contribution is 2.32. The molecule has 2 aliphatic heterocycles. The lowest BCUT2D eigenvalue weighted by atomic mass is 9.72. The molecule has 0 aromatic heterocycles. The molecule has 0 radical (unpaired) electrons. The lowest BCUT2D eigenvalue weighted by Gasteiger charge is -2.29. The van der Waals surface area contributed by atoms with Crippen molar-refractivity contribution in [3.63, 3.8) is 0 Å². The summed E-state index contributed by atoms with van der Waals surface area (Å²) < 4.78 is 18.8. The van der Waals surface area contributed by atoms with E-state index in [1.165, 1.54) is 17.8 Å². The molecule has 1 amide bonds. The molecule has 3 rings (SSSR count). The molecule has 1 atom stereocenters. The maximum atomic E-state index is 13.7. The molecule has 7 nitrogen and oxygen atoms in total. The fourth-order valence-corrected chi connectivity index (χ4v) is 3.52. The lowest BCUT2D eigenvalue weighted by molar-refractivity contribution is -0.119. The van der Waals surface area contributed by atoms with Gasteiger partial charge in [-0.25, -0.2) is 9.18 Å². The Bertz CT molecular complexity index is 673. The van der Waals surface area contributed by atoms with Crippen molar-refractivity contribution in [2.45, 2.75) is 17.6 Å². The first-order valence-corrected chi connectivity index (χ1v) is 8.51. The van der Waals surface area contributed by atoms with Crippen molar-refractivity contribution in [1.29, 1.82) is 0 Å². The number of fused-ring (bicyclic) bond motifs is 1. The summed E-state index contributed by atoms with van der Waals surface area (Å²) in [5, 5.41) is 25.3. The monoisotopic (exact) mass is 354 g/mol. The number of amides is 1. The van der Waals surface area contributed by atoms with Crippen LogP contribution in [0.2, 0.25) is 0 Å². The van der Waals surface area contributed by atoms with Gasteiger partial charge in [0, 0.05) is 18.3 Å². The Morgan fingerprint density at radius 3 is 2.83 bits per heavy atom. The summed E-state index contributed by atoms with van der Waals surface area (Å²) in [6.45, 7) is 1.76. The molecule has 2 aliphatic rings. The molecular formula is C14H16BFN2O5S. The van der Waals surface area contributed by atoms with Crippen LogP contribution < -0.4 is 15.3 Å². The maximum Gasteiger partial charge on any atom is 0.547 e. The molecule has 0 saturated carbocycles. The van der Waals surface area contributed by atoms with E-state index in [0.29, 0.717) is 10.8 Å². The van der Waals surface area contributed by atoms with Crippen LogP contribution in [0.15, 0.2) is 12.1 Å². The zero-order chi connectivity index (χ0) is 17.3. The second-order valence-electron chi connectivity index (χ2n) is 5.69. The standard InChI is InChI=1S/C14H16BFN2O5S/c16-9-2-1-7-3-10(15(22)23-13(7)12(9)14(20)21)18-11(19)6-24-8-4-17-5-8/h1-2,8,10,17,22H,3-6H2,(H,18,19)(H,20,21). The van der Waals surface area contributed by atoms with Gasteiger partial charge in [-0.05, 0) is 18.1 Å². The van der Waals surface area contributed by atoms with Crippen molar-refractivity contribution < 1.29 is 28.8 Å². The molecule has 24 heavy (non-hydrogen) atoms. The largest absolute Gasteiger partial charge is 0.547 e. The van der Waals surface area contributed by atoms with Gasteiger partial charge >= 0.3 is 13.1 Å². The topological polar surface area (TPSA) is 108 Å². The number of hydrogen-bond acceptors (Lipinski definition) is 6. The van der Waals surface area contributed by atoms with E-state index in [-0.39, 0.29) is 23.8 Å². The molecule has 4 N–H and O–H groups in total. The van der Waals surface area contributed by atoms with Crippen molar-refractivity contribution in [3.8, 4) is 5.75 Å². The number of carboxylic acid groups (broad SMARTS) is 1. The number of benzene rings is 1. The van der Waals surface area contributed by atoms with Gasteiger partial charge in [0.2, 0.25) is 5.91 Å². The van der Waals surface area contributed by atoms with Gasteiger partial charge in [-0.15, -0.1) is 11.8 Å². The number of nitrogens with one attached hydrogen (secondary N) is 2. The van der Waals surface area contributed by atoms with Gasteiger partial charge in [-0.3, -0.25) is 4.79 Å². The van der Waals surface area contributed by atoms with Gasteiger partial charge in [0.1, 0.15) is 17.1 Å². The van der Waals surface area contributed by atoms with Gasteiger partial charge < -0.3 is 25.4 Å². The molecule has 10 heteroatoms. The van der Waals surface area contributed by atoms with Crippen molar-refractivity contribution >= 4 is 30.8 Å². The molecular weight excluding hydrogens is 338 g/mol. The minimum Gasteiger partial charge on any atom is -0.534 e. The predicted molar refractivity (Wildman–Crippen MR) is 86.7 cm³/mol. The minimum atomic E-state index is -1.47. The van der Waals surface area contributed by atoms with Crippen molar-refractivity contribution in [3.05, 3.63) is 29.1 Å². The second-order valence-corrected chi connectivity index (χ2v) is 6.98. The Kier molecular flexibility index (Phi) is 4.97. The average Bonchev–Trinajstić information content (AvgIpc) is 2.46. The first-order chi connectivity index (χ1) is 11.5. The third-order valence-corrected chi connectivity index (χ3v) is 5.20. The first-order valence-electron chi connectivity index (χ1n) is 7.46. The molecule has 1 unspecified atom stereocenters. The highest BCUT2D eigenvalue weighted by atomic mass is 32.2. The number of thioether (sulfide) groups is 1. The van der Waals surface area contributed by atoms with E-state index < -0.39 is 30.4 Å². The van der Waals surface area contributed by atoms with Crippen LogP contribution in [-0.2, 0) is 11.2 Å². The minimum absolute atomic E-state index is 0.165. The van der Waals surface area contributed by atoms with Crippen LogP contribution in [-0.4, -0.2) is 59.2 Å². The second kappa shape index (κ2) is 7.00. The number of aromatic carboxylic acids is 1. The van der Waals surface area contributed by atoms with Gasteiger partial charge in [0.25, 0.3) is 0 Å². The number of halogens is 1. The van der Waals surface area contributed by atoms with Gasteiger partial charge in [0.15, 0.2) is 0 Å². The van der Waals surface area contributed by atoms with Gasteiger partial charge in [-0.2, -0.15) is 0 Å². The van der Waals surface area contributed by atoms with E-state index in [2.05, 4.69) is 10.6 Å². The van der Waals surface area contributed by atoms with Crippen LogP contribution in [0.4, 0.5) is 4.39 Å². The summed E-state index contributed by atoms with van der Waals surface area (Å²) in [5.41, 5.74) is -0.176. The van der Waals surface area contributed by atoms with Crippen LogP contribution in [0.25, 0.3) is 0 Å². The normalized spacial score (nSPS) is 19.9. The molecule has 2 heterocycles. The van der Waals surface area contributed by atoms with E-state index in [1.807, 2.05) is 0 Å². The summed E-state index contributed by atoms with van der Waals surface area (Å²) in [6.07, 6.45) is 0.165. The Morgan fingerprint density at radius 1 is 1.46 bits per heavy atom. The average molecular weight is 354 g/mol. The molecule has 1 fully saturated rings. The van der Waals surface area contributed by atoms with Crippen LogP contribution >= 0.6 is 11.8 Å². The van der Waals surface area contributed by atoms with Gasteiger partial charge in [-0.1, -0.05) is 6.07 Å². The number of hydrogen-bond donors (Lipinski definition) is 4. The quantitative estimate of drug-likeness (QED) is 0.536. The Balaban J connectivity index is 1.67. The van der Waals surface area contributed by atoms with E-state index in [1.54, 1.807) is 0 Å². The zero-order valence-electron chi connectivity index (χ0n) is 12.6. The summed E-state index contributed by atoms with van der Waals surface area (Å²) in [6, 6.07) is 2.44. The fraction of sp³-hybridized carbons (Fsp3) is 0.429.